The van der Waals surface area contributed by atoms with Crippen LogP contribution in [-0.2, 0) is 0 Å². The molecule has 1 saturated heterocycles. The molecule has 0 radical (unpaired) electrons. The van der Waals surface area contributed by atoms with Gasteiger partial charge in [0.2, 0.25) is 0 Å². The van der Waals surface area contributed by atoms with E-state index < -0.39 is 0 Å². The summed E-state index contributed by atoms with van der Waals surface area (Å²) in [5.74, 6) is 1.46. The number of halogens is 1. The molecule has 4 atom stereocenters. The lowest BCUT2D eigenvalue weighted by Crippen LogP contribution is -2.38. The van der Waals surface area contributed by atoms with Gasteiger partial charge in [-0.25, -0.2) is 0 Å². The van der Waals surface area contributed by atoms with E-state index in [-0.39, 0.29) is 12.1 Å². The van der Waals surface area contributed by atoms with Gasteiger partial charge >= 0.3 is 0 Å². The van der Waals surface area contributed by atoms with Crippen molar-refractivity contribution in [2.24, 2.45) is 17.6 Å². The molecule has 2 nitrogen and oxygen atoms in total. The van der Waals surface area contributed by atoms with Crippen molar-refractivity contribution >= 4 is 11.6 Å². The average molecular weight is 267 g/mol. The Morgan fingerprint density at radius 1 is 1.22 bits per heavy atom. The number of likely N-dealkylation sites (tertiary alicyclic amines) is 1. The van der Waals surface area contributed by atoms with Gasteiger partial charge in [-0.15, -0.1) is 0 Å². The van der Waals surface area contributed by atoms with E-state index in [0.29, 0.717) is 0 Å². The van der Waals surface area contributed by atoms with E-state index in [1.807, 2.05) is 18.2 Å². The molecule has 2 rings (SSSR count). The molecule has 1 aromatic rings. The topological polar surface area (TPSA) is 29.3 Å². The van der Waals surface area contributed by atoms with E-state index in [0.717, 1.165) is 35.5 Å². The lowest BCUT2D eigenvalue weighted by atomic mass is 9.99. The van der Waals surface area contributed by atoms with E-state index in [2.05, 4.69) is 31.7 Å². The van der Waals surface area contributed by atoms with Crippen LogP contribution in [0.3, 0.4) is 0 Å². The average Bonchev–Trinajstić information content (AvgIpc) is 2.61. The van der Waals surface area contributed by atoms with Gasteiger partial charge in [0.1, 0.15) is 0 Å². The molecule has 4 unspecified atom stereocenters. The van der Waals surface area contributed by atoms with Crippen LogP contribution in [0.2, 0.25) is 5.02 Å². The summed E-state index contributed by atoms with van der Waals surface area (Å²) in [7, 11) is 0. The first kappa shape index (κ1) is 13.9. The number of hydrogen-bond donors (Lipinski definition) is 1. The minimum absolute atomic E-state index is 0.0856. The zero-order chi connectivity index (χ0) is 13.3. The van der Waals surface area contributed by atoms with E-state index in [1.54, 1.807) is 0 Å². The van der Waals surface area contributed by atoms with Gasteiger partial charge in [-0.1, -0.05) is 43.6 Å². The zero-order valence-corrected chi connectivity index (χ0v) is 12.2. The minimum Gasteiger partial charge on any atom is -0.326 e. The van der Waals surface area contributed by atoms with Crippen molar-refractivity contribution in [2.75, 3.05) is 13.1 Å². The monoisotopic (exact) mass is 266 g/mol. The Balaban J connectivity index is 2.27. The molecule has 2 N–H and O–H groups in total. The van der Waals surface area contributed by atoms with Gasteiger partial charge < -0.3 is 5.73 Å². The molecule has 0 amide bonds. The van der Waals surface area contributed by atoms with Gasteiger partial charge in [0.25, 0.3) is 0 Å². The van der Waals surface area contributed by atoms with Crippen LogP contribution in [0.1, 0.15) is 32.4 Å². The molecule has 1 fully saturated rings. The minimum atomic E-state index is 0.0856. The van der Waals surface area contributed by atoms with Crippen LogP contribution in [0.4, 0.5) is 0 Å². The molecule has 18 heavy (non-hydrogen) atoms. The zero-order valence-electron chi connectivity index (χ0n) is 11.4. The van der Waals surface area contributed by atoms with Gasteiger partial charge in [-0.2, -0.15) is 0 Å². The fourth-order valence-electron chi connectivity index (χ4n) is 2.93. The summed E-state index contributed by atoms with van der Waals surface area (Å²) < 4.78 is 0. The van der Waals surface area contributed by atoms with Crippen LogP contribution in [-0.4, -0.2) is 24.0 Å². The molecule has 0 saturated carbocycles. The van der Waals surface area contributed by atoms with E-state index in [1.165, 1.54) is 0 Å². The second-order valence-electron chi connectivity index (χ2n) is 5.73. The first-order chi connectivity index (χ1) is 8.50. The third-order valence-corrected chi connectivity index (χ3v) is 4.48. The summed E-state index contributed by atoms with van der Waals surface area (Å²) in [5.41, 5.74) is 7.37. The normalized spacial score (nSPS) is 28.3. The smallest absolute Gasteiger partial charge is 0.0511 e. The Kier molecular flexibility index (Phi) is 4.31. The summed E-state index contributed by atoms with van der Waals surface area (Å²) in [6.07, 6.45) is 0. The molecular formula is C15H23ClN2. The van der Waals surface area contributed by atoms with E-state index in [4.69, 9.17) is 17.3 Å². The lowest BCUT2D eigenvalue weighted by Gasteiger charge is -2.32. The Morgan fingerprint density at radius 3 is 2.28 bits per heavy atom. The van der Waals surface area contributed by atoms with Gasteiger partial charge in [0.05, 0.1) is 6.04 Å². The summed E-state index contributed by atoms with van der Waals surface area (Å²) in [5, 5.41) is 0.826. The van der Waals surface area contributed by atoms with Crippen LogP contribution in [0, 0.1) is 11.8 Å². The maximum Gasteiger partial charge on any atom is 0.0511 e. The molecule has 3 heteroatoms. The predicted molar refractivity (Wildman–Crippen MR) is 77.7 cm³/mol. The third-order valence-electron chi connectivity index (χ3n) is 4.13. The van der Waals surface area contributed by atoms with Crippen molar-refractivity contribution in [2.45, 2.75) is 32.9 Å². The second kappa shape index (κ2) is 5.60. The highest BCUT2D eigenvalue weighted by molar-refractivity contribution is 6.31. The molecule has 100 valence electrons. The van der Waals surface area contributed by atoms with Crippen molar-refractivity contribution in [1.82, 2.24) is 4.90 Å². The molecule has 1 aromatic carbocycles. The van der Waals surface area contributed by atoms with Crippen LogP contribution in [0.15, 0.2) is 24.3 Å². The van der Waals surface area contributed by atoms with Crippen molar-refractivity contribution in [1.29, 1.82) is 0 Å². The van der Waals surface area contributed by atoms with Crippen molar-refractivity contribution < 1.29 is 0 Å². The fraction of sp³-hybridized carbons (Fsp3) is 0.600. The predicted octanol–water partition coefficient (Wildman–Crippen LogP) is 3.32. The third kappa shape index (κ3) is 2.71. The van der Waals surface area contributed by atoms with Gasteiger partial charge in [0.15, 0.2) is 0 Å². The number of nitrogens with two attached hydrogens (primary N) is 1. The van der Waals surface area contributed by atoms with E-state index >= 15 is 0 Å². The molecular weight excluding hydrogens is 244 g/mol. The molecule has 0 spiro atoms. The van der Waals surface area contributed by atoms with Crippen molar-refractivity contribution in [3.05, 3.63) is 34.9 Å². The first-order valence-corrected chi connectivity index (χ1v) is 7.12. The van der Waals surface area contributed by atoms with Gasteiger partial charge in [-0.3, -0.25) is 4.90 Å². The van der Waals surface area contributed by atoms with Crippen LogP contribution in [0.5, 0.6) is 0 Å². The fourth-order valence-corrected chi connectivity index (χ4v) is 3.18. The molecule has 0 aliphatic carbocycles. The summed E-state index contributed by atoms with van der Waals surface area (Å²) in [6, 6.07) is 8.38. The first-order valence-electron chi connectivity index (χ1n) is 6.74. The number of nitrogens with zero attached hydrogens (tertiary/aromatic N) is 1. The summed E-state index contributed by atoms with van der Waals surface area (Å²) in [4.78, 5) is 2.49. The molecule has 1 aliphatic heterocycles. The van der Waals surface area contributed by atoms with Gasteiger partial charge in [0, 0.05) is 24.2 Å². The van der Waals surface area contributed by atoms with Crippen molar-refractivity contribution in [3.63, 3.8) is 0 Å². The van der Waals surface area contributed by atoms with Crippen LogP contribution >= 0.6 is 11.6 Å². The highest BCUT2D eigenvalue weighted by atomic mass is 35.5. The molecule has 1 heterocycles. The van der Waals surface area contributed by atoms with Crippen LogP contribution < -0.4 is 5.73 Å². The number of hydrogen-bond acceptors (Lipinski definition) is 2. The highest BCUT2D eigenvalue weighted by Gasteiger charge is 2.34. The Labute approximate surface area is 115 Å². The highest BCUT2D eigenvalue weighted by Crippen LogP contribution is 2.35. The summed E-state index contributed by atoms with van der Waals surface area (Å²) >= 11 is 6.33. The lowest BCUT2D eigenvalue weighted by molar-refractivity contribution is 0.209. The SMILES string of the molecule is CC(N)C(c1ccccc1Cl)N1CC(C)C(C)C1. The number of benzene rings is 1. The summed E-state index contributed by atoms with van der Waals surface area (Å²) in [6.45, 7) is 8.92. The molecule has 0 bridgehead atoms. The molecule has 0 aromatic heterocycles. The van der Waals surface area contributed by atoms with E-state index in [9.17, 15) is 0 Å². The number of rotatable bonds is 3. The second-order valence-corrected chi connectivity index (χ2v) is 6.14. The van der Waals surface area contributed by atoms with Crippen LogP contribution in [0.25, 0.3) is 0 Å². The maximum absolute atomic E-state index is 6.33. The molecule has 1 aliphatic rings. The quantitative estimate of drug-likeness (QED) is 0.909. The Morgan fingerprint density at radius 2 is 1.78 bits per heavy atom. The largest absolute Gasteiger partial charge is 0.326 e. The van der Waals surface area contributed by atoms with Crippen molar-refractivity contribution in [3.8, 4) is 0 Å². The standard InChI is InChI=1S/C15H23ClN2/c1-10-8-18(9-11(10)2)15(12(3)17)13-6-4-5-7-14(13)16/h4-7,10-12,15H,8-9,17H2,1-3H3. The Bertz CT molecular complexity index is 395. The van der Waals surface area contributed by atoms with Gasteiger partial charge in [-0.05, 0) is 30.4 Å². The maximum atomic E-state index is 6.33. The Hall–Kier alpha value is -0.570.